The van der Waals surface area contributed by atoms with Crippen LogP contribution in [0.1, 0.15) is 49.9 Å². The summed E-state index contributed by atoms with van der Waals surface area (Å²) in [6, 6.07) is 6.77. The van der Waals surface area contributed by atoms with Crippen LogP contribution in [0.15, 0.2) is 24.3 Å². The molecule has 1 aromatic rings. The molecule has 0 bridgehead atoms. The van der Waals surface area contributed by atoms with E-state index in [0.29, 0.717) is 23.6 Å². The molecular weight excluding hydrogens is 312 g/mol. The monoisotopic (exact) mass is 338 g/mol. The van der Waals surface area contributed by atoms with Crippen LogP contribution in [0.4, 0.5) is 5.69 Å². The van der Waals surface area contributed by atoms with Crippen LogP contribution in [-0.4, -0.2) is 38.1 Å². The van der Waals surface area contributed by atoms with E-state index in [2.05, 4.69) is 11.6 Å². The molecule has 0 aromatic heterocycles. The number of hydrogen-bond acceptors (Lipinski definition) is 3. The second kappa shape index (κ2) is 7.81. The third-order valence-electron chi connectivity index (χ3n) is 3.81. The van der Waals surface area contributed by atoms with Crippen molar-refractivity contribution in [3.05, 3.63) is 29.8 Å². The molecule has 1 aromatic carbocycles. The quantitative estimate of drug-likeness (QED) is 0.752. The summed E-state index contributed by atoms with van der Waals surface area (Å²) >= 11 is 0. The Kier molecular flexibility index (Phi) is 6.04. The summed E-state index contributed by atoms with van der Waals surface area (Å²) in [5.74, 6) is 0.696. The van der Waals surface area contributed by atoms with E-state index in [9.17, 15) is 13.2 Å². The molecule has 0 saturated heterocycles. The molecule has 1 N–H and O–H groups in total. The van der Waals surface area contributed by atoms with E-state index in [-0.39, 0.29) is 11.7 Å². The highest BCUT2D eigenvalue weighted by Gasteiger charge is 2.27. The largest absolute Gasteiger partial charge is 0.338 e. The Labute approximate surface area is 139 Å². The van der Waals surface area contributed by atoms with Gasteiger partial charge in [-0.3, -0.25) is 9.52 Å². The number of nitrogens with one attached hydrogen (secondary N) is 1. The molecule has 6 heteroatoms. The zero-order valence-electron chi connectivity index (χ0n) is 13.9. The van der Waals surface area contributed by atoms with Gasteiger partial charge in [-0.15, -0.1) is 0 Å². The maximum atomic E-state index is 12.7. The molecule has 2 rings (SSSR count). The number of amides is 1. The third kappa shape index (κ3) is 5.53. The lowest BCUT2D eigenvalue weighted by molar-refractivity contribution is 0.0748. The molecule has 1 fully saturated rings. The minimum absolute atomic E-state index is 0.0183. The molecule has 0 spiro atoms. The van der Waals surface area contributed by atoms with Crippen LogP contribution < -0.4 is 4.72 Å². The highest BCUT2D eigenvalue weighted by Crippen LogP contribution is 2.30. The number of sulfonamides is 1. The number of carbonyl (C=O) groups excluding carboxylic acids is 1. The molecule has 0 radical (unpaired) electrons. The fourth-order valence-corrected chi connectivity index (χ4v) is 3.68. The van der Waals surface area contributed by atoms with E-state index in [4.69, 9.17) is 0 Å². The Hall–Kier alpha value is -1.56. The predicted molar refractivity (Wildman–Crippen MR) is 93.1 cm³/mol. The summed E-state index contributed by atoms with van der Waals surface area (Å²) in [5, 5.41) is 0. The van der Waals surface area contributed by atoms with E-state index >= 15 is 0 Å². The number of benzene rings is 1. The molecule has 0 heterocycles. The predicted octanol–water partition coefficient (Wildman–Crippen LogP) is 3.10. The van der Waals surface area contributed by atoms with Crippen molar-refractivity contribution in [3.8, 4) is 0 Å². The van der Waals surface area contributed by atoms with Crippen molar-refractivity contribution < 1.29 is 13.2 Å². The second-order valence-corrected chi connectivity index (χ2v) is 8.04. The molecule has 0 aliphatic heterocycles. The van der Waals surface area contributed by atoms with Gasteiger partial charge in [0.05, 0.1) is 5.75 Å². The summed E-state index contributed by atoms with van der Waals surface area (Å²) in [5.41, 5.74) is 0.989. The van der Waals surface area contributed by atoms with Crippen LogP contribution in [0.3, 0.4) is 0 Å². The molecular formula is C17H26N2O3S. The Morgan fingerprint density at radius 3 is 2.61 bits per heavy atom. The van der Waals surface area contributed by atoms with Crippen LogP contribution in [0.5, 0.6) is 0 Å². The van der Waals surface area contributed by atoms with E-state index < -0.39 is 10.0 Å². The van der Waals surface area contributed by atoms with Gasteiger partial charge in [0.2, 0.25) is 10.0 Å². The summed E-state index contributed by atoms with van der Waals surface area (Å²) in [6.07, 6.45) is 3.87. The van der Waals surface area contributed by atoms with E-state index in [1.165, 1.54) is 12.8 Å². The Morgan fingerprint density at radius 1 is 1.26 bits per heavy atom. The minimum Gasteiger partial charge on any atom is -0.338 e. The smallest absolute Gasteiger partial charge is 0.253 e. The number of hydrogen-bond donors (Lipinski definition) is 1. The average molecular weight is 338 g/mol. The van der Waals surface area contributed by atoms with Crippen molar-refractivity contribution in [2.45, 2.75) is 39.5 Å². The maximum Gasteiger partial charge on any atom is 0.253 e. The molecule has 0 atom stereocenters. The standard InChI is InChI=1S/C17H26N2O3S/c1-3-10-19(13-14-8-9-14)17(20)15-6-5-7-16(12-15)18-23(21,22)11-4-2/h5-7,12,14,18H,3-4,8-11,13H2,1-2H3. The van der Waals surface area contributed by atoms with E-state index in [0.717, 1.165) is 19.5 Å². The maximum absolute atomic E-state index is 12.7. The first-order valence-corrected chi connectivity index (χ1v) is 10.00. The first-order valence-electron chi connectivity index (χ1n) is 8.35. The number of carbonyl (C=O) groups is 1. The number of anilines is 1. The van der Waals surface area contributed by atoms with Gasteiger partial charge in [-0.2, -0.15) is 0 Å². The molecule has 23 heavy (non-hydrogen) atoms. The second-order valence-electron chi connectivity index (χ2n) is 6.20. The lowest BCUT2D eigenvalue weighted by atomic mass is 10.1. The molecule has 1 amide bonds. The molecule has 1 saturated carbocycles. The van der Waals surface area contributed by atoms with Gasteiger partial charge in [-0.05, 0) is 49.8 Å². The van der Waals surface area contributed by atoms with Gasteiger partial charge in [0.1, 0.15) is 0 Å². The summed E-state index contributed by atoms with van der Waals surface area (Å²) in [4.78, 5) is 14.6. The van der Waals surface area contributed by atoms with Crippen LogP contribution in [-0.2, 0) is 10.0 Å². The Bertz CT molecular complexity index is 639. The van der Waals surface area contributed by atoms with Gasteiger partial charge in [0.25, 0.3) is 5.91 Å². The molecule has 0 unspecified atom stereocenters. The van der Waals surface area contributed by atoms with Gasteiger partial charge in [0, 0.05) is 24.3 Å². The van der Waals surface area contributed by atoms with Gasteiger partial charge in [-0.1, -0.05) is 19.9 Å². The van der Waals surface area contributed by atoms with Crippen molar-refractivity contribution in [2.24, 2.45) is 5.92 Å². The molecule has 1 aliphatic rings. The van der Waals surface area contributed by atoms with E-state index in [1.54, 1.807) is 24.3 Å². The van der Waals surface area contributed by atoms with Crippen LogP contribution in [0.25, 0.3) is 0 Å². The fraction of sp³-hybridized carbons (Fsp3) is 0.588. The third-order valence-corrected chi connectivity index (χ3v) is 5.30. The minimum atomic E-state index is -3.34. The van der Waals surface area contributed by atoms with Crippen molar-refractivity contribution in [1.29, 1.82) is 0 Å². The molecule has 1 aliphatic carbocycles. The number of rotatable bonds is 9. The summed E-state index contributed by atoms with van der Waals surface area (Å²) in [7, 11) is -3.34. The Morgan fingerprint density at radius 2 is 2.00 bits per heavy atom. The van der Waals surface area contributed by atoms with Crippen molar-refractivity contribution in [1.82, 2.24) is 4.90 Å². The summed E-state index contributed by atoms with van der Waals surface area (Å²) < 4.78 is 26.3. The van der Waals surface area contributed by atoms with Crippen LogP contribution in [0, 0.1) is 5.92 Å². The Balaban J connectivity index is 2.12. The first kappa shape index (κ1) is 17.8. The lowest BCUT2D eigenvalue weighted by Crippen LogP contribution is -2.33. The highest BCUT2D eigenvalue weighted by atomic mass is 32.2. The SMILES string of the molecule is CCCN(CC1CC1)C(=O)c1cccc(NS(=O)(=O)CCC)c1. The van der Waals surface area contributed by atoms with Crippen LogP contribution >= 0.6 is 0 Å². The van der Waals surface area contributed by atoms with Gasteiger partial charge >= 0.3 is 0 Å². The van der Waals surface area contributed by atoms with Crippen LogP contribution in [0.2, 0.25) is 0 Å². The number of nitrogens with zero attached hydrogens (tertiary/aromatic N) is 1. The van der Waals surface area contributed by atoms with Crippen molar-refractivity contribution in [3.63, 3.8) is 0 Å². The summed E-state index contributed by atoms with van der Waals surface area (Å²) in [6.45, 7) is 5.42. The fourth-order valence-electron chi connectivity index (χ4n) is 2.56. The lowest BCUT2D eigenvalue weighted by Gasteiger charge is -2.22. The zero-order valence-corrected chi connectivity index (χ0v) is 14.7. The van der Waals surface area contributed by atoms with Gasteiger partial charge in [0.15, 0.2) is 0 Å². The zero-order chi connectivity index (χ0) is 16.9. The molecule has 128 valence electrons. The molecule has 5 nitrogen and oxygen atoms in total. The first-order chi connectivity index (χ1) is 10.9. The van der Waals surface area contributed by atoms with Gasteiger partial charge < -0.3 is 4.90 Å². The normalized spacial score (nSPS) is 14.5. The average Bonchev–Trinajstić information content (AvgIpc) is 3.30. The topological polar surface area (TPSA) is 66.5 Å². The van der Waals surface area contributed by atoms with Gasteiger partial charge in [-0.25, -0.2) is 8.42 Å². The van der Waals surface area contributed by atoms with E-state index in [1.807, 2.05) is 11.8 Å². The highest BCUT2D eigenvalue weighted by molar-refractivity contribution is 7.92. The van der Waals surface area contributed by atoms with Crippen molar-refractivity contribution in [2.75, 3.05) is 23.6 Å². The van der Waals surface area contributed by atoms with Crippen molar-refractivity contribution >= 4 is 21.6 Å².